The van der Waals surface area contributed by atoms with Crippen LogP contribution in [0.2, 0.25) is 0 Å². The number of carbonyl (C=O) groups is 2. The third kappa shape index (κ3) is 12.7. The minimum absolute atomic E-state index is 0. The minimum atomic E-state index is -0.810. The monoisotopic (exact) mass is 1060 g/mol. The van der Waals surface area contributed by atoms with Gasteiger partial charge in [0, 0.05) is 54.9 Å². The van der Waals surface area contributed by atoms with Gasteiger partial charge in [0.15, 0.2) is 46.0 Å². The molecule has 0 saturated carbocycles. The number of halogens is 3. The molecule has 0 amide bonds. The summed E-state index contributed by atoms with van der Waals surface area (Å²) in [5.41, 5.74) is 6.47. The molecule has 0 spiro atoms. The summed E-state index contributed by atoms with van der Waals surface area (Å²) in [6, 6.07) is 15.9. The zero-order valence-corrected chi connectivity index (χ0v) is 45.6. The Morgan fingerprint density at radius 2 is 0.958 bits per heavy atom. The van der Waals surface area contributed by atoms with Gasteiger partial charge in [-0.2, -0.15) is 0 Å². The quantitative estimate of drug-likeness (QED) is 0.0462. The van der Waals surface area contributed by atoms with Crippen LogP contribution in [0.3, 0.4) is 0 Å². The SMILES string of the molecule is COc1cc2c(cc1OC)[C@H](c1cc(OC)c(OC)c(OC)c1)[N@@+](C)(CCCOC(=O)/C(Cl)=C/C(=O)OCCC[N@+]1(C)CCc3cc(OC)c(OC)cc3[C@H]1Cc1cc(OC)c(OC)c(OC)c1)CC2.[Cl-].[Cl-]. The molecule has 0 aromatic heterocycles. The molecule has 0 aliphatic carbocycles. The molecule has 0 radical (unpaired) electrons. The second-order valence-electron chi connectivity index (χ2n) is 17.8. The molecule has 0 N–H and O–H groups in total. The van der Waals surface area contributed by atoms with Crippen LogP contribution in [-0.2, 0) is 38.3 Å². The van der Waals surface area contributed by atoms with Gasteiger partial charge in [0.2, 0.25) is 11.5 Å². The second kappa shape index (κ2) is 26.3. The highest BCUT2D eigenvalue weighted by Gasteiger charge is 2.43. The number of esters is 2. The van der Waals surface area contributed by atoms with Crippen LogP contribution < -0.4 is 72.2 Å². The molecule has 0 bridgehead atoms. The normalized spacial score (nSPS) is 18.9. The highest BCUT2D eigenvalue weighted by Crippen LogP contribution is 2.49. The molecule has 2 aliphatic heterocycles. The molecule has 6 rings (SSSR count). The minimum Gasteiger partial charge on any atom is -1.00 e. The molecule has 16 nitrogen and oxygen atoms in total. The van der Waals surface area contributed by atoms with Crippen molar-refractivity contribution in [3.63, 3.8) is 0 Å². The Morgan fingerprint density at radius 1 is 0.542 bits per heavy atom. The lowest BCUT2D eigenvalue weighted by molar-refractivity contribution is -0.941. The number of nitrogens with zero attached hydrogens (tertiary/aromatic N) is 2. The van der Waals surface area contributed by atoms with Crippen molar-refractivity contribution < 1.29 is 100 Å². The number of benzene rings is 4. The molecule has 4 aromatic rings. The molecule has 0 saturated heterocycles. The van der Waals surface area contributed by atoms with E-state index in [4.69, 9.17) is 68.4 Å². The maximum Gasteiger partial charge on any atom is 0.350 e. The summed E-state index contributed by atoms with van der Waals surface area (Å²) in [5, 5.41) is -0.366. The van der Waals surface area contributed by atoms with Crippen LogP contribution >= 0.6 is 11.6 Å². The molecule has 0 unspecified atom stereocenters. The topological polar surface area (TPSA) is 145 Å². The molecule has 2 heterocycles. The van der Waals surface area contributed by atoms with Crippen LogP contribution in [0, 0.1) is 0 Å². The van der Waals surface area contributed by atoms with Crippen LogP contribution in [0.4, 0.5) is 0 Å². The lowest BCUT2D eigenvalue weighted by Crippen LogP contribution is -3.00. The lowest BCUT2D eigenvalue weighted by Gasteiger charge is -2.46. The highest BCUT2D eigenvalue weighted by atomic mass is 35.5. The molecule has 4 atom stereocenters. The van der Waals surface area contributed by atoms with E-state index in [1.165, 1.54) is 5.56 Å². The zero-order valence-electron chi connectivity index (χ0n) is 43.4. The summed E-state index contributed by atoms with van der Waals surface area (Å²) in [7, 11) is 20.5. The van der Waals surface area contributed by atoms with Crippen LogP contribution in [-0.4, -0.2) is 145 Å². The van der Waals surface area contributed by atoms with E-state index in [9.17, 15) is 9.59 Å². The number of fused-ring (bicyclic) bond motifs is 2. The van der Waals surface area contributed by atoms with E-state index in [2.05, 4.69) is 26.2 Å². The van der Waals surface area contributed by atoms with Gasteiger partial charge < -0.3 is 90.6 Å². The third-order valence-corrected chi connectivity index (χ3v) is 14.1. The average molecular weight is 1060 g/mol. The first-order chi connectivity index (χ1) is 33.7. The third-order valence-electron chi connectivity index (χ3n) is 13.8. The molecule has 72 heavy (non-hydrogen) atoms. The van der Waals surface area contributed by atoms with Crippen molar-refractivity contribution in [1.82, 2.24) is 0 Å². The fourth-order valence-electron chi connectivity index (χ4n) is 10.2. The predicted octanol–water partition coefficient (Wildman–Crippen LogP) is 1.85. The van der Waals surface area contributed by atoms with E-state index in [1.54, 1.807) is 71.1 Å². The van der Waals surface area contributed by atoms with Crippen molar-refractivity contribution in [1.29, 1.82) is 0 Å². The number of likely N-dealkylation sites (N-methyl/N-ethyl adjacent to an activating group) is 2. The standard InChI is InChI=1S/C53H69ClN2O14.2ClH/c1-55(19-15-34-26-41(59-3)43(61-5)30-37(34)40(55)23-33-24-45(63-7)51(67-11)46(25-33)64-8)17-13-21-69-49(57)32-39(54)53(58)70-22-14-18-56(2)20-16-35-27-42(60-4)44(62-6)31-38(35)50(56)36-28-47(65-9)52(68-12)48(29-36)66-10;;/h24-32,40,50H,13-23H2,1-12H3;2*1H/q+2;;/p-2/b39-32-;;/t40-,50+,55-,56+;;/m1../s1. The molecule has 0 fully saturated rings. The lowest BCUT2D eigenvalue weighted by atomic mass is 9.85. The van der Waals surface area contributed by atoms with Crippen molar-refractivity contribution in [2.24, 2.45) is 0 Å². The summed E-state index contributed by atoms with van der Waals surface area (Å²) in [6.07, 6.45) is 4.25. The molecule has 19 heteroatoms. The van der Waals surface area contributed by atoms with E-state index < -0.39 is 11.9 Å². The highest BCUT2D eigenvalue weighted by molar-refractivity contribution is 6.42. The Bertz CT molecular complexity index is 2490. The smallest absolute Gasteiger partial charge is 0.350 e. The van der Waals surface area contributed by atoms with E-state index in [1.807, 2.05) is 36.4 Å². The number of ether oxygens (including phenoxy) is 12. The maximum absolute atomic E-state index is 13.1. The van der Waals surface area contributed by atoms with Crippen LogP contribution in [0.25, 0.3) is 0 Å². The first-order valence-electron chi connectivity index (χ1n) is 23.2. The van der Waals surface area contributed by atoms with E-state index in [0.29, 0.717) is 98.8 Å². The van der Waals surface area contributed by atoms with E-state index in [0.717, 1.165) is 59.8 Å². The Kier molecular flexibility index (Phi) is 21.6. The van der Waals surface area contributed by atoms with Crippen molar-refractivity contribution in [2.45, 2.75) is 44.2 Å². The molecule has 396 valence electrons. The van der Waals surface area contributed by atoms with Crippen molar-refractivity contribution in [3.05, 3.63) is 93.0 Å². The van der Waals surface area contributed by atoms with Gasteiger partial charge in [-0.3, -0.25) is 0 Å². The number of rotatable bonds is 23. The van der Waals surface area contributed by atoms with Crippen LogP contribution in [0.15, 0.2) is 59.6 Å². The molecule has 4 aromatic carbocycles. The van der Waals surface area contributed by atoms with E-state index >= 15 is 0 Å². The van der Waals surface area contributed by atoms with Crippen LogP contribution in [0.1, 0.15) is 58.3 Å². The first kappa shape index (κ1) is 58.9. The fourth-order valence-corrected chi connectivity index (χ4v) is 10.3. The van der Waals surface area contributed by atoms with Crippen molar-refractivity contribution in [2.75, 3.05) is 125 Å². The zero-order chi connectivity index (χ0) is 50.8. The summed E-state index contributed by atoms with van der Waals surface area (Å²) < 4.78 is 69.4. The van der Waals surface area contributed by atoms with Gasteiger partial charge in [0.1, 0.15) is 17.1 Å². The Labute approximate surface area is 441 Å². The van der Waals surface area contributed by atoms with Crippen molar-refractivity contribution >= 4 is 23.5 Å². The number of quaternary nitrogens is 2. The van der Waals surface area contributed by atoms with Crippen molar-refractivity contribution in [3.8, 4) is 57.5 Å². The van der Waals surface area contributed by atoms with E-state index in [-0.39, 0.29) is 55.1 Å². The Balaban J connectivity index is 0.00000562. The van der Waals surface area contributed by atoms with Gasteiger partial charge in [-0.1, -0.05) is 11.6 Å². The number of methoxy groups -OCH3 is 10. The van der Waals surface area contributed by atoms with Gasteiger partial charge in [0.25, 0.3) is 0 Å². The number of carbonyl (C=O) groups excluding carboxylic acids is 2. The summed E-state index contributed by atoms with van der Waals surface area (Å²) in [4.78, 5) is 26.1. The maximum atomic E-state index is 13.1. The predicted molar refractivity (Wildman–Crippen MR) is 264 cm³/mol. The Hall–Kier alpha value is -5.65. The van der Waals surface area contributed by atoms with Gasteiger partial charge >= 0.3 is 11.9 Å². The summed E-state index contributed by atoms with van der Waals surface area (Å²) >= 11 is 6.36. The number of hydrogen-bond acceptors (Lipinski definition) is 14. The fraction of sp³-hybridized carbons (Fsp3) is 0.472. The van der Waals surface area contributed by atoms with Gasteiger partial charge in [-0.15, -0.1) is 0 Å². The molecular formula is C53H69Cl3N2O14. The first-order valence-corrected chi connectivity index (χ1v) is 23.5. The summed E-state index contributed by atoms with van der Waals surface area (Å²) in [6.45, 7) is 3.09. The number of hydrogen-bond donors (Lipinski definition) is 0. The second-order valence-corrected chi connectivity index (χ2v) is 18.2. The largest absolute Gasteiger partial charge is 1.00 e. The summed E-state index contributed by atoms with van der Waals surface area (Å²) in [5.74, 6) is 4.29. The Morgan fingerprint density at radius 3 is 1.44 bits per heavy atom. The van der Waals surface area contributed by atoms with Crippen LogP contribution in [0.5, 0.6) is 57.5 Å². The molecule has 2 aliphatic rings. The van der Waals surface area contributed by atoms with Gasteiger partial charge in [-0.05, 0) is 65.2 Å². The molecular weight excluding hydrogens is 995 g/mol. The average Bonchev–Trinajstić information content (AvgIpc) is 3.37. The van der Waals surface area contributed by atoms with Gasteiger partial charge in [0.05, 0.1) is 125 Å². The van der Waals surface area contributed by atoms with Gasteiger partial charge in [-0.25, -0.2) is 9.59 Å².